The molecule has 1 saturated heterocycles. The highest BCUT2D eigenvalue weighted by Gasteiger charge is 2.52. The molecule has 6 atom stereocenters. The Labute approximate surface area is 255 Å². The maximum absolute atomic E-state index is 11.4. The van der Waals surface area contributed by atoms with E-state index in [0.717, 1.165) is 50.9 Å². The standard InChI is InChI=1S/C34H56O7Si/c1-33(2,3)42(5,6)41-27(25-39-26-16-10-9-11-17-26)20-21-28-29(40-32-19-13-15-23-38-32)24-30(35)34(28,4)22-14-8-7-12-18-31(36)37/h8-11,14,16-17,27-30,32,35H,7,12-13,15,18-25H2,1-6H3,(H,36,37)/b14-8-/t27-,28-,29?,30-,32?,34+/m0/s1. The molecule has 0 bridgehead atoms. The topological polar surface area (TPSA) is 94.5 Å². The van der Waals surface area contributed by atoms with Gasteiger partial charge in [-0.15, -0.1) is 0 Å². The Morgan fingerprint density at radius 3 is 2.57 bits per heavy atom. The number of ether oxygens (including phenoxy) is 3. The van der Waals surface area contributed by atoms with Crippen LogP contribution in [0, 0.1) is 11.3 Å². The Hall–Kier alpha value is -1.71. The van der Waals surface area contributed by atoms with Gasteiger partial charge >= 0.3 is 5.97 Å². The van der Waals surface area contributed by atoms with Crippen LogP contribution in [0.15, 0.2) is 42.5 Å². The number of carboxylic acid groups (broad SMARTS) is 1. The van der Waals surface area contributed by atoms with Gasteiger partial charge in [-0.1, -0.05) is 58.0 Å². The summed E-state index contributed by atoms with van der Waals surface area (Å²) in [7, 11) is -2.06. The van der Waals surface area contributed by atoms with Gasteiger partial charge in [0, 0.05) is 24.9 Å². The number of hydrogen-bond donors (Lipinski definition) is 2. The summed E-state index contributed by atoms with van der Waals surface area (Å²) in [5, 5.41) is 20.4. The van der Waals surface area contributed by atoms with Crippen molar-refractivity contribution in [2.24, 2.45) is 11.3 Å². The van der Waals surface area contributed by atoms with E-state index in [1.54, 1.807) is 0 Å². The molecule has 0 spiro atoms. The Morgan fingerprint density at radius 1 is 1.19 bits per heavy atom. The van der Waals surface area contributed by atoms with Gasteiger partial charge in [0.2, 0.25) is 0 Å². The van der Waals surface area contributed by atoms with Crippen molar-refractivity contribution < 1.29 is 33.6 Å². The van der Waals surface area contributed by atoms with Gasteiger partial charge in [-0.05, 0) is 87.5 Å². The minimum Gasteiger partial charge on any atom is -0.491 e. The number of carbonyl (C=O) groups is 1. The van der Waals surface area contributed by atoms with Crippen LogP contribution >= 0.6 is 0 Å². The zero-order chi connectivity index (χ0) is 30.8. The van der Waals surface area contributed by atoms with E-state index in [-0.39, 0.29) is 41.3 Å². The van der Waals surface area contributed by atoms with Crippen molar-refractivity contribution >= 4 is 14.3 Å². The predicted octanol–water partition coefficient (Wildman–Crippen LogP) is 7.74. The molecule has 42 heavy (non-hydrogen) atoms. The van der Waals surface area contributed by atoms with Crippen molar-refractivity contribution in [3.63, 3.8) is 0 Å². The smallest absolute Gasteiger partial charge is 0.303 e. The van der Waals surface area contributed by atoms with Crippen molar-refractivity contribution in [1.29, 1.82) is 0 Å². The maximum Gasteiger partial charge on any atom is 0.303 e. The molecule has 1 aliphatic heterocycles. The third kappa shape index (κ3) is 10.2. The zero-order valence-electron chi connectivity index (χ0n) is 26.8. The van der Waals surface area contributed by atoms with E-state index < -0.39 is 20.4 Å². The summed E-state index contributed by atoms with van der Waals surface area (Å²) in [5.41, 5.74) is -0.371. The summed E-state index contributed by atoms with van der Waals surface area (Å²) in [6.45, 7) is 14.7. The third-order valence-corrected chi connectivity index (χ3v) is 14.2. The zero-order valence-corrected chi connectivity index (χ0v) is 27.8. The molecule has 1 saturated carbocycles. The average Bonchev–Trinajstić information content (AvgIpc) is 3.16. The van der Waals surface area contributed by atoms with E-state index in [4.69, 9.17) is 23.7 Å². The van der Waals surface area contributed by atoms with Crippen LogP contribution in [-0.2, 0) is 18.7 Å². The summed E-state index contributed by atoms with van der Waals surface area (Å²) in [4.78, 5) is 10.9. The quantitative estimate of drug-likeness (QED) is 0.113. The van der Waals surface area contributed by atoms with Crippen LogP contribution in [0.2, 0.25) is 18.1 Å². The second-order valence-electron chi connectivity index (χ2n) is 14.0. The van der Waals surface area contributed by atoms with Crippen LogP contribution in [-0.4, -0.2) is 62.3 Å². The third-order valence-electron chi connectivity index (χ3n) is 9.71. The lowest BCUT2D eigenvalue weighted by Crippen LogP contribution is -2.46. The molecule has 2 fully saturated rings. The van der Waals surface area contributed by atoms with Crippen LogP contribution in [0.1, 0.15) is 91.9 Å². The van der Waals surface area contributed by atoms with Crippen molar-refractivity contribution in [1.82, 2.24) is 0 Å². The summed E-state index contributed by atoms with van der Waals surface area (Å²) >= 11 is 0. The van der Waals surface area contributed by atoms with Crippen LogP contribution in [0.4, 0.5) is 0 Å². The van der Waals surface area contributed by atoms with E-state index in [0.29, 0.717) is 25.9 Å². The Kier molecular flexibility index (Phi) is 13.1. The number of allylic oxidation sites excluding steroid dienone is 2. The molecule has 3 rings (SSSR count). The molecule has 7 nitrogen and oxygen atoms in total. The van der Waals surface area contributed by atoms with Gasteiger partial charge in [-0.2, -0.15) is 0 Å². The van der Waals surface area contributed by atoms with Crippen molar-refractivity contribution in [2.45, 2.75) is 135 Å². The summed E-state index contributed by atoms with van der Waals surface area (Å²) in [6, 6.07) is 9.90. The molecule has 1 aromatic carbocycles. The van der Waals surface area contributed by atoms with Gasteiger partial charge in [0.15, 0.2) is 14.6 Å². The van der Waals surface area contributed by atoms with Gasteiger partial charge in [0.25, 0.3) is 0 Å². The molecule has 2 aliphatic rings. The molecule has 1 aliphatic carbocycles. The maximum atomic E-state index is 11.4. The molecule has 8 heteroatoms. The number of benzene rings is 1. The van der Waals surface area contributed by atoms with Gasteiger partial charge in [-0.3, -0.25) is 4.79 Å². The second-order valence-corrected chi connectivity index (χ2v) is 18.8. The molecule has 1 aromatic rings. The Balaban J connectivity index is 1.77. The van der Waals surface area contributed by atoms with Gasteiger partial charge in [-0.25, -0.2) is 0 Å². The van der Waals surface area contributed by atoms with Crippen LogP contribution < -0.4 is 4.74 Å². The monoisotopic (exact) mass is 604 g/mol. The number of aliphatic carboxylic acids is 1. The second kappa shape index (κ2) is 15.8. The van der Waals surface area contributed by atoms with Crippen molar-refractivity contribution in [3.05, 3.63) is 42.5 Å². The molecular formula is C34H56O7Si. The van der Waals surface area contributed by atoms with E-state index >= 15 is 0 Å². The Morgan fingerprint density at radius 2 is 1.93 bits per heavy atom. The fourth-order valence-electron chi connectivity index (χ4n) is 5.96. The normalized spacial score (nSPS) is 27.8. The molecule has 0 radical (unpaired) electrons. The number of carboxylic acids is 1. The Bertz CT molecular complexity index is 970. The van der Waals surface area contributed by atoms with Gasteiger partial charge in [0.1, 0.15) is 12.4 Å². The molecule has 238 valence electrons. The summed E-state index contributed by atoms with van der Waals surface area (Å²) in [5.74, 6) is 0.187. The van der Waals surface area contributed by atoms with E-state index in [9.17, 15) is 9.90 Å². The van der Waals surface area contributed by atoms with E-state index in [1.807, 2.05) is 30.3 Å². The number of aliphatic hydroxyl groups is 1. The minimum atomic E-state index is -2.06. The molecule has 0 amide bonds. The number of unbranched alkanes of at least 4 members (excludes halogenated alkanes) is 1. The first-order chi connectivity index (χ1) is 19.8. The molecule has 2 unspecified atom stereocenters. The first kappa shape index (κ1) is 34.8. The highest BCUT2D eigenvalue weighted by molar-refractivity contribution is 6.74. The van der Waals surface area contributed by atoms with Gasteiger partial charge < -0.3 is 28.8 Å². The highest BCUT2D eigenvalue weighted by atomic mass is 28.4. The number of para-hydroxylation sites is 1. The number of aliphatic hydroxyl groups excluding tert-OH is 1. The van der Waals surface area contributed by atoms with Crippen LogP contribution in [0.5, 0.6) is 5.75 Å². The first-order valence-electron chi connectivity index (χ1n) is 16.0. The lowest BCUT2D eigenvalue weighted by Gasteiger charge is -2.41. The molecular weight excluding hydrogens is 548 g/mol. The van der Waals surface area contributed by atoms with E-state index in [1.165, 1.54) is 0 Å². The predicted molar refractivity (Wildman–Crippen MR) is 169 cm³/mol. The number of rotatable bonds is 16. The van der Waals surface area contributed by atoms with Crippen LogP contribution in [0.25, 0.3) is 0 Å². The lowest BCUT2D eigenvalue weighted by atomic mass is 9.72. The van der Waals surface area contributed by atoms with E-state index in [2.05, 4.69) is 52.9 Å². The van der Waals surface area contributed by atoms with Crippen molar-refractivity contribution in [3.8, 4) is 5.75 Å². The van der Waals surface area contributed by atoms with Crippen molar-refractivity contribution in [2.75, 3.05) is 13.2 Å². The largest absolute Gasteiger partial charge is 0.491 e. The molecule has 0 aromatic heterocycles. The van der Waals surface area contributed by atoms with Crippen LogP contribution in [0.3, 0.4) is 0 Å². The SMILES string of the molecule is CC(C)(C)[Si](C)(C)O[C@@H](CC[C@H]1C(OC2CCCCO2)C[C@H](O)[C@]1(C)C/C=C\CCCC(=O)O)COc1ccccc1. The fourth-order valence-corrected chi connectivity index (χ4v) is 7.33. The first-order valence-corrected chi connectivity index (χ1v) is 18.9. The molecule has 1 heterocycles. The average molecular weight is 605 g/mol. The van der Waals surface area contributed by atoms with Gasteiger partial charge in [0.05, 0.1) is 18.3 Å². The highest BCUT2D eigenvalue weighted by Crippen LogP contribution is 2.50. The summed E-state index contributed by atoms with van der Waals surface area (Å²) in [6.07, 6.45) is 10.8. The summed E-state index contributed by atoms with van der Waals surface area (Å²) < 4.78 is 25.7. The fraction of sp³-hybridized carbons (Fsp3) is 0.735. The lowest BCUT2D eigenvalue weighted by molar-refractivity contribution is -0.198. The minimum absolute atomic E-state index is 0.0749. The number of hydrogen-bond acceptors (Lipinski definition) is 6. The molecule has 2 N–H and O–H groups in total.